The molecule has 44 heavy (non-hydrogen) atoms. The summed E-state index contributed by atoms with van der Waals surface area (Å²) in [4.78, 5) is 10.4. The minimum Gasteiger partial charge on any atom is -0.500 e. The van der Waals surface area contributed by atoms with Crippen LogP contribution in [-0.4, -0.2) is 17.1 Å². The van der Waals surface area contributed by atoms with Crippen LogP contribution in [0.1, 0.15) is 0 Å². The summed E-state index contributed by atoms with van der Waals surface area (Å²) in [6.07, 6.45) is 3.07. The fourth-order valence-corrected chi connectivity index (χ4v) is 4.39. The predicted molar refractivity (Wildman–Crippen MR) is 159 cm³/mol. The van der Waals surface area contributed by atoms with Crippen LogP contribution in [0.4, 0.5) is 25.8 Å². The average molecular weight is 678 g/mol. The molecule has 0 aliphatic rings. The Morgan fingerprint density at radius 3 is 1.93 bits per heavy atom. The van der Waals surface area contributed by atoms with Crippen molar-refractivity contribution >= 4 is 17.1 Å². The Labute approximate surface area is 267 Å². The molecule has 0 fully saturated rings. The third-order valence-corrected chi connectivity index (χ3v) is 6.33. The van der Waals surface area contributed by atoms with E-state index in [4.69, 9.17) is 14.2 Å². The summed E-state index contributed by atoms with van der Waals surface area (Å²) < 4.78 is 47.2. The summed E-state index contributed by atoms with van der Waals surface area (Å²) in [5.41, 5.74) is 2.49. The van der Waals surface area contributed by atoms with E-state index in [0.29, 0.717) is 17.3 Å². The molecule has 6 aromatic rings. The van der Waals surface area contributed by atoms with E-state index in [9.17, 15) is 4.39 Å². The molecule has 0 bridgehead atoms. The number of nitrogens with zero attached hydrogens (tertiary/aromatic N) is 3. The van der Waals surface area contributed by atoms with Crippen LogP contribution in [0.3, 0.4) is 0 Å². The van der Waals surface area contributed by atoms with Crippen LogP contribution < -0.4 is 19.1 Å². The number of halogens is 2. The number of rotatable bonds is 9. The van der Waals surface area contributed by atoms with E-state index in [2.05, 4.69) is 22.1 Å². The van der Waals surface area contributed by atoms with Gasteiger partial charge in [-0.2, -0.15) is 0 Å². The van der Waals surface area contributed by atoms with Gasteiger partial charge >= 0.3 is 20.4 Å². The van der Waals surface area contributed by atoms with E-state index in [1.165, 1.54) is 19.4 Å². The second-order valence-corrected chi connectivity index (χ2v) is 9.20. The molecule has 2 heterocycles. The van der Waals surface area contributed by atoms with E-state index >= 15 is 4.39 Å². The molecule has 0 spiro atoms. The molecule has 9 heteroatoms. The van der Waals surface area contributed by atoms with Crippen molar-refractivity contribution in [2.75, 3.05) is 12.0 Å². The summed E-state index contributed by atoms with van der Waals surface area (Å²) >= 11 is 0. The Bertz CT molecular complexity index is 1810. The molecular formula is C35H23F2N3O3Pd. The minimum atomic E-state index is -0.946. The summed E-state index contributed by atoms with van der Waals surface area (Å²) in [7, 11) is 1.49. The van der Waals surface area contributed by atoms with Gasteiger partial charge < -0.3 is 24.1 Å². The van der Waals surface area contributed by atoms with Crippen molar-refractivity contribution in [3.05, 3.63) is 145 Å². The molecule has 0 aliphatic carbocycles. The van der Waals surface area contributed by atoms with Crippen LogP contribution in [0.2, 0.25) is 0 Å². The van der Waals surface area contributed by atoms with Gasteiger partial charge in [0.15, 0.2) is 0 Å². The number of hydrogen-bond acceptors (Lipinski definition) is 6. The number of pyridine rings is 2. The van der Waals surface area contributed by atoms with E-state index in [1.807, 2.05) is 65.6 Å². The van der Waals surface area contributed by atoms with E-state index < -0.39 is 11.6 Å². The molecular weight excluding hydrogens is 655 g/mol. The molecule has 4 aromatic carbocycles. The molecule has 6 nitrogen and oxygen atoms in total. The van der Waals surface area contributed by atoms with Crippen molar-refractivity contribution in [3.63, 3.8) is 0 Å². The number of methoxy groups -OCH3 is 1. The van der Waals surface area contributed by atoms with Gasteiger partial charge in [-0.15, -0.1) is 12.1 Å². The van der Waals surface area contributed by atoms with Gasteiger partial charge in [0.1, 0.15) is 5.75 Å². The summed E-state index contributed by atoms with van der Waals surface area (Å²) in [6, 6.07) is 37.8. The van der Waals surface area contributed by atoms with Gasteiger partial charge in [0.2, 0.25) is 5.88 Å². The number of ether oxygens (including phenoxy) is 3. The Balaban J connectivity index is 0.00000384. The Kier molecular flexibility index (Phi) is 9.60. The zero-order valence-corrected chi connectivity index (χ0v) is 24.7. The maximum absolute atomic E-state index is 15.1. The molecule has 0 aliphatic heterocycles. The van der Waals surface area contributed by atoms with Crippen LogP contribution in [0.15, 0.2) is 122 Å². The van der Waals surface area contributed by atoms with Crippen molar-refractivity contribution in [2.24, 2.45) is 0 Å². The van der Waals surface area contributed by atoms with Crippen molar-refractivity contribution in [2.45, 2.75) is 0 Å². The van der Waals surface area contributed by atoms with Gasteiger partial charge in [-0.05, 0) is 48.2 Å². The average Bonchev–Trinajstić information content (AvgIpc) is 3.04. The van der Waals surface area contributed by atoms with Gasteiger partial charge in [-0.1, -0.05) is 71.9 Å². The maximum atomic E-state index is 15.1. The van der Waals surface area contributed by atoms with Crippen LogP contribution in [0.5, 0.6) is 28.9 Å². The predicted octanol–water partition coefficient (Wildman–Crippen LogP) is 9.08. The quantitative estimate of drug-likeness (QED) is 0.112. The van der Waals surface area contributed by atoms with Crippen LogP contribution in [0.25, 0.3) is 11.3 Å². The molecule has 0 saturated carbocycles. The number of aromatic nitrogens is 2. The molecule has 0 unspecified atom stereocenters. The number of hydrogen-bond donors (Lipinski definition) is 0. The van der Waals surface area contributed by atoms with Gasteiger partial charge in [-0.3, -0.25) is 8.78 Å². The molecule has 2 aromatic heterocycles. The second kappa shape index (κ2) is 13.9. The van der Waals surface area contributed by atoms with Crippen LogP contribution in [0, 0.1) is 23.8 Å². The minimum absolute atomic E-state index is 0. The number of para-hydroxylation sites is 2. The molecule has 0 radical (unpaired) electrons. The molecule has 0 N–H and O–H groups in total. The topological polar surface area (TPSA) is 56.7 Å². The third kappa shape index (κ3) is 6.92. The van der Waals surface area contributed by atoms with Crippen molar-refractivity contribution in [1.29, 1.82) is 0 Å². The van der Waals surface area contributed by atoms with Crippen LogP contribution in [-0.2, 0) is 20.4 Å². The second-order valence-electron chi connectivity index (χ2n) is 9.20. The van der Waals surface area contributed by atoms with Gasteiger partial charge in [0.05, 0.1) is 18.7 Å². The van der Waals surface area contributed by atoms with Gasteiger partial charge in [-0.25, -0.2) is 4.98 Å². The Hall–Kier alpha value is -5.10. The monoisotopic (exact) mass is 677 g/mol. The normalized spacial score (nSPS) is 10.4. The van der Waals surface area contributed by atoms with E-state index in [1.54, 1.807) is 42.6 Å². The van der Waals surface area contributed by atoms with Crippen molar-refractivity contribution in [1.82, 2.24) is 9.97 Å². The number of anilines is 3. The third-order valence-electron chi connectivity index (χ3n) is 6.33. The summed E-state index contributed by atoms with van der Waals surface area (Å²) in [6.45, 7) is 0. The SMILES string of the molecule is COc1ccnc(-c2[c-]c(Oc3[c-]c(Oc4ccccn4)cc(N(c4ccccc4)c4ccccc4)c3)c(F)cc2F)c1.[Pd+2]. The first-order valence-corrected chi connectivity index (χ1v) is 13.2. The van der Waals surface area contributed by atoms with Crippen molar-refractivity contribution in [3.8, 4) is 40.1 Å². The Morgan fingerprint density at radius 2 is 1.30 bits per heavy atom. The number of benzene rings is 4. The fraction of sp³-hybridized carbons (Fsp3) is 0.0286. The summed E-state index contributed by atoms with van der Waals surface area (Å²) in [5.74, 6) is -0.974. The van der Waals surface area contributed by atoms with Gasteiger partial charge in [0.25, 0.3) is 0 Å². The summed E-state index contributed by atoms with van der Waals surface area (Å²) in [5, 5.41) is 0. The molecule has 0 saturated heterocycles. The zero-order valence-electron chi connectivity index (χ0n) is 23.2. The first-order valence-electron chi connectivity index (χ1n) is 13.2. The smallest absolute Gasteiger partial charge is 0.500 e. The maximum Gasteiger partial charge on any atom is 2.00 e. The molecule has 220 valence electrons. The van der Waals surface area contributed by atoms with E-state index in [0.717, 1.165) is 17.4 Å². The zero-order chi connectivity index (χ0) is 29.6. The fourth-order valence-electron chi connectivity index (χ4n) is 4.39. The van der Waals surface area contributed by atoms with E-state index in [-0.39, 0.29) is 48.9 Å². The van der Waals surface area contributed by atoms with Crippen molar-refractivity contribution < 1.29 is 43.4 Å². The molecule has 0 atom stereocenters. The first kappa shape index (κ1) is 30.4. The van der Waals surface area contributed by atoms with Crippen LogP contribution >= 0.6 is 0 Å². The largest absolute Gasteiger partial charge is 2.00 e. The Morgan fingerprint density at radius 1 is 0.636 bits per heavy atom. The standard InChI is InChI=1S/C35H23F2N3O3.Pd/c1-41-27-15-17-38-33(21-27)30-22-34(32(37)23-31(30)36)42-28-18-26(19-29(20-28)43-35-14-8-9-16-39-35)40(24-10-4-2-5-11-24)25-12-6-3-7-13-25;/h2-19,21,23H,1H3;/q-2;+2. The molecule has 0 amide bonds. The first-order chi connectivity index (χ1) is 21.1. The van der Waals surface area contributed by atoms with Gasteiger partial charge in [0, 0.05) is 47.2 Å². The molecule has 6 rings (SSSR count).